The van der Waals surface area contributed by atoms with Gasteiger partial charge in [-0.3, -0.25) is 4.79 Å². The maximum Gasteiger partial charge on any atom is 0.277 e. The summed E-state index contributed by atoms with van der Waals surface area (Å²) < 4.78 is 11.2. The number of carbonyl (C=O) groups excluding carboxylic acids is 1. The zero-order valence-corrected chi connectivity index (χ0v) is 16.7. The largest absolute Gasteiger partial charge is 0.494 e. The van der Waals surface area contributed by atoms with Crippen LogP contribution >= 0.6 is 11.8 Å². The maximum absolute atomic E-state index is 12.8. The van der Waals surface area contributed by atoms with E-state index in [0.717, 1.165) is 28.0 Å². The highest BCUT2D eigenvalue weighted by atomic mass is 32.2. The molecule has 2 aromatic carbocycles. The number of aryl methyl sites for hydroxylation is 2. The number of carbonyl (C=O) groups is 1. The molecule has 1 heterocycles. The third kappa shape index (κ3) is 4.57. The van der Waals surface area contributed by atoms with Crippen molar-refractivity contribution in [2.24, 2.45) is 0 Å². The lowest BCUT2D eigenvalue weighted by molar-refractivity contribution is 0.0993. The summed E-state index contributed by atoms with van der Waals surface area (Å²) in [5, 5.41) is 8.22. The molecule has 0 saturated carbocycles. The van der Waals surface area contributed by atoms with Gasteiger partial charge in [0, 0.05) is 11.1 Å². The Kier molecular flexibility index (Phi) is 5.96. The van der Waals surface area contributed by atoms with Crippen molar-refractivity contribution >= 4 is 17.5 Å². The minimum atomic E-state index is -0.320. The molecule has 0 aliphatic rings. The summed E-state index contributed by atoms with van der Waals surface area (Å²) in [6, 6.07) is 13.4. The highest BCUT2D eigenvalue weighted by Gasteiger charge is 2.21. The van der Waals surface area contributed by atoms with Crippen molar-refractivity contribution in [3.8, 4) is 17.2 Å². The number of nitrogens with zero attached hydrogens (tertiary/aromatic N) is 2. The van der Waals surface area contributed by atoms with Crippen LogP contribution < -0.4 is 4.74 Å². The number of ether oxygens (including phenoxy) is 1. The van der Waals surface area contributed by atoms with Gasteiger partial charge in [-0.25, -0.2) is 0 Å². The molecule has 140 valence electrons. The van der Waals surface area contributed by atoms with Crippen LogP contribution in [0.5, 0.6) is 5.75 Å². The van der Waals surface area contributed by atoms with Gasteiger partial charge in [-0.05, 0) is 63.6 Å². The fourth-order valence-corrected chi connectivity index (χ4v) is 3.41. The molecule has 0 radical (unpaired) electrons. The van der Waals surface area contributed by atoms with Crippen molar-refractivity contribution < 1.29 is 13.9 Å². The highest BCUT2D eigenvalue weighted by molar-refractivity contribution is 8.00. The number of Topliss-reactive ketones (excluding diaryl/α,β-unsaturated/α-hetero) is 1. The predicted molar refractivity (Wildman–Crippen MR) is 106 cm³/mol. The molecule has 1 atom stereocenters. The Morgan fingerprint density at radius 3 is 2.59 bits per heavy atom. The molecule has 0 unspecified atom stereocenters. The van der Waals surface area contributed by atoms with Crippen LogP contribution in [-0.2, 0) is 0 Å². The van der Waals surface area contributed by atoms with Gasteiger partial charge < -0.3 is 9.15 Å². The molecule has 0 amide bonds. The fraction of sp³-hybridized carbons (Fsp3) is 0.286. The molecule has 27 heavy (non-hydrogen) atoms. The number of thioether (sulfide) groups is 1. The zero-order chi connectivity index (χ0) is 19.4. The molecule has 5 nitrogen and oxygen atoms in total. The van der Waals surface area contributed by atoms with Gasteiger partial charge in [-0.2, -0.15) is 0 Å². The second kappa shape index (κ2) is 8.39. The van der Waals surface area contributed by atoms with E-state index < -0.39 is 0 Å². The van der Waals surface area contributed by atoms with Crippen molar-refractivity contribution in [1.82, 2.24) is 10.2 Å². The first-order chi connectivity index (χ1) is 13.0. The summed E-state index contributed by atoms with van der Waals surface area (Å²) >= 11 is 1.27. The Bertz CT molecular complexity index is 935. The maximum atomic E-state index is 12.8. The molecule has 0 saturated heterocycles. The Balaban J connectivity index is 1.71. The van der Waals surface area contributed by atoms with Gasteiger partial charge >= 0.3 is 0 Å². The number of rotatable bonds is 7. The van der Waals surface area contributed by atoms with E-state index in [0.29, 0.717) is 17.7 Å². The first kappa shape index (κ1) is 19.2. The summed E-state index contributed by atoms with van der Waals surface area (Å²) in [6.45, 7) is 8.34. The lowest BCUT2D eigenvalue weighted by Gasteiger charge is -2.10. The van der Waals surface area contributed by atoms with Crippen molar-refractivity contribution in [3.63, 3.8) is 0 Å². The van der Waals surface area contributed by atoms with Gasteiger partial charge in [-0.15, -0.1) is 10.2 Å². The Morgan fingerprint density at radius 2 is 1.89 bits per heavy atom. The van der Waals surface area contributed by atoms with Crippen molar-refractivity contribution in [3.05, 3.63) is 59.2 Å². The molecule has 1 aromatic heterocycles. The van der Waals surface area contributed by atoms with Crippen molar-refractivity contribution in [2.75, 3.05) is 6.61 Å². The Hall–Kier alpha value is -2.60. The minimum absolute atomic E-state index is 0.0574. The molecule has 0 fully saturated rings. The lowest BCUT2D eigenvalue weighted by Crippen LogP contribution is -2.15. The first-order valence-electron chi connectivity index (χ1n) is 8.82. The highest BCUT2D eigenvalue weighted by Crippen LogP contribution is 2.29. The minimum Gasteiger partial charge on any atom is -0.494 e. The number of benzene rings is 2. The van der Waals surface area contributed by atoms with Crippen LogP contribution in [0.1, 0.15) is 35.3 Å². The molecule has 3 aromatic rings. The van der Waals surface area contributed by atoms with Gasteiger partial charge in [0.1, 0.15) is 5.75 Å². The van der Waals surface area contributed by atoms with Crippen molar-refractivity contribution in [2.45, 2.75) is 38.2 Å². The fourth-order valence-electron chi connectivity index (χ4n) is 2.66. The number of ketones is 1. The Morgan fingerprint density at radius 1 is 1.15 bits per heavy atom. The van der Waals surface area contributed by atoms with Gasteiger partial charge in [0.25, 0.3) is 5.22 Å². The summed E-state index contributed by atoms with van der Waals surface area (Å²) in [4.78, 5) is 12.8. The topological polar surface area (TPSA) is 65.2 Å². The van der Waals surface area contributed by atoms with E-state index in [2.05, 4.69) is 10.2 Å². The molecule has 0 N–H and O–H groups in total. The smallest absolute Gasteiger partial charge is 0.277 e. The normalized spacial score (nSPS) is 12.0. The quantitative estimate of drug-likeness (QED) is 0.418. The van der Waals surface area contributed by atoms with Crippen LogP contribution in [0.4, 0.5) is 0 Å². The molecule has 6 heteroatoms. The standard InChI is InChI=1S/C21H22N2O3S/c1-5-25-17-10-8-16(9-11-17)20-22-23-21(26-20)27-15(4)19(24)18-12-13(2)6-7-14(18)3/h6-12,15H,5H2,1-4H3/t15-/m1/s1. The van der Waals surface area contributed by atoms with E-state index in [4.69, 9.17) is 9.15 Å². The van der Waals surface area contributed by atoms with E-state index in [-0.39, 0.29) is 11.0 Å². The lowest BCUT2D eigenvalue weighted by atomic mass is 10.0. The van der Waals surface area contributed by atoms with Gasteiger partial charge in [0.2, 0.25) is 5.89 Å². The van der Waals surface area contributed by atoms with E-state index >= 15 is 0 Å². The molecule has 3 rings (SSSR count). The van der Waals surface area contributed by atoms with E-state index in [1.165, 1.54) is 11.8 Å². The van der Waals surface area contributed by atoms with Gasteiger partial charge in [0.15, 0.2) is 5.78 Å². The summed E-state index contributed by atoms with van der Waals surface area (Å²) in [7, 11) is 0. The first-order valence-corrected chi connectivity index (χ1v) is 9.70. The van der Waals surface area contributed by atoms with Crippen LogP contribution in [0.25, 0.3) is 11.5 Å². The average molecular weight is 382 g/mol. The number of hydrogen-bond acceptors (Lipinski definition) is 6. The van der Waals surface area contributed by atoms with Gasteiger partial charge in [0.05, 0.1) is 11.9 Å². The molecule has 0 aliphatic carbocycles. The van der Waals surface area contributed by atoms with Crippen LogP contribution in [-0.4, -0.2) is 27.8 Å². The second-order valence-electron chi connectivity index (χ2n) is 6.27. The van der Waals surface area contributed by atoms with Crippen LogP contribution in [0, 0.1) is 13.8 Å². The van der Waals surface area contributed by atoms with E-state index in [1.54, 1.807) is 0 Å². The molecule has 0 aliphatic heterocycles. The monoisotopic (exact) mass is 382 g/mol. The molecular formula is C21H22N2O3S. The Labute approximate surface area is 163 Å². The third-order valence-electron chi connectivity index (χ3n) is 4.12. The summed E-state index contributed by atoms with van der Waals surface area (Å²) in [5.74, 6) is 1.28. The number of hydrogen-bond donors (Lipinski definition) is 0. The van der Waals surface area contributed by atoms with E-state index in [1.807, 2.05) is 70.2 Å². The average Bonchev–Trinajstić information content (AvgIpc) is 3.12. The van der Waals surface area contributed by atoms with Crippen LogP contribution in [0.15, 0.2) is 52.1 Å². The molecule has 0 bridgehead atoms. The molecule has 0 spiro atoms. The number of aromatic nitrogens is 2. The van der Waals surface area contributed by atoms with Crippen LogP contribution in [0.2, 0.25) is 0 Å². The van der Waals surface area contributed by atoms with Gasteiger partial charge in [-0.1, -0.05) is 29.5 Å². The van der Waals surface area contributed by atoms with Crippen LogP contribution in [0.3, 0.4) is 0 Å². The molecular weight excluding hydrogens is 360 g/mol. The zero-order valence-electron chi connectivity index (χ0n) is 15.9. The SMILES string of the molecule is CCOc1ccc(-c2nnc(S[C@H](C)C(=O)c3cc(C)ccc3C)o2)cc1. The predicted octanol–water partition coefficient (Wildman–Crippen LogP) is 5.12. The second-order valence-corrected chi connectivity index (χ2v) is 7.57. The third-order valence-corrected chi connectivity index (χ3v) is 5.06. The summed E-state index contributed by atoms with van der Waals surface area (Å²) in [6.07, 6.45) is 0. The van der Waals surface area contributed by atoms with Crippen molar-refractivity contribution in [1.29, 1.82) is 0 Å². The van der Waals surface area contributed by atoms with E-state index in [9.17, 15) is 4.79 Å². The summed E-state index contributed by atoms with van der Waals surface area (Å²) in [5.41, 5.74) is 3.59.